The van der Waals surface area contributed by atoms with Gasteiger partial charge in [-0.05, 0) is 95.9 Å². The van der Waals surface area contributed by atoms with Gasteiger partial charge in [-0.3, -0.25) is 19.7 Å². The lowest BCUT2D eigenvalue weighted by Gasteiger charge is -2.26. The van der Waals surface area contributed by atoms with Gasteiger partial charge in [-0.15, -0.1) is 0 Å². The normalized spacial score (nSPS) is 14.2. The molecule has 1 fully saturated rings. The van der Waals surface area contributed by atoms with Crippen LogP contribution < -0.4 is 25.0 Å². The molecule has 0 spiro atoms. The Hall–Kier alpha value is -3.86. The minimum Gasteiger partial charge on any atom is -0.490 e. The first-order valence-electron chi connectivity index (χ1n) is 12.3. The van der Waals surface area contributed by atoms with Crippen molar-refractivity contribution in [3.63, 3.8) is 0 Å². The topological polar surface area (TPSA) is 114 Å². The fourth-order valence-electron chi connectivity index (χ4n) is 3.86. The minimum absolute atomic E-state index is 0.215. The monoisotopic (exact) mass is 659 g/mol. The largest absolute Gasteiger partial charge is 0.490 e. The molecule has 12 heteroatoms. The lowest BCUT2D eigenvalue weighted by atomic mass is 10.1. The van der Waals surface area contributed by atoms with Crippen LogP contribution in [0.1, 0.15) is 23.6 Å². The van der Waals surface area contributed by atoms with Gasteiger partial charge in [0.15, 0.2) is 18.1 Å². The number of nitrogens with zero attached hydrogens (tertiary/aromatic N) is 1. The van der Waals surface area contributed by atoms with Gasteiger partial charge < -0.3 is 14.8 Å². The van der Waals surface area contributed by atoms with E-state index in [0.29, 0.717) is 25.8 Å². The van der Waals surface area contributed by atoms with Gasteiger partial charge in [-0.25, -0.2) is 9.69 Å². The Kier molecular flexibility index (Phi) is 9.37. The van der Waals surface area contributed by atoms with Crippen molar-refractivity contribution in [2.45, 2.75) is 20.8 Å². The molecular formula is C29H24BrCl2N3O6. The highest BCUT2D eigenvalue weighted by Gasteiger charge is 2.37. The van der Waals surface area contributed by atoms with Gasteiger partial charge in [0.1, 0.15) is 5.57 Å². The first-order valence-corrected chi connectivity index (χ1v) is 13.9. The van der Waals surface area contributed by atoms with Crippen LogP contribution in [-0.4, -0.2) is 37.0 Å². The summed E-state index contributed by atoms with van der Waals surface area (Å²) in [6, 6.07) is 12.1. The highest BCUT2D eigenvalue weighted by Crippen LogP contribution is 2.38. The number of imide groups is 2. The van der Waals surface area contributed by atoms with E-state index in [-0.39, 0.29) is 36.0 Å². The second-order valence-electron chi connectivity index (χ2n) is 8.96. The van der Waals surface area contributed by atoms with Crippen molar-refractivity contribution in [1.29, 1.82) is 0 Å². The minimum atomic E-state index is -0.886. The number of amides is 5. The van der Waals surface area contributed by atoms with Crippen LogP contribution >= 0.6 is 39.1 Å². The van der Waals surface area contributed by atoms with E-state index in [1.807, 2.05) is 6.92 Å². The number of carbonyl (C=O) groups excluding carboxylic acids is 4. The average Bonchev–Trinajstić information content (AvgIpc) is 2.90. The molecule has 4 rings (SSSR count). The maximum atomic E-state index is 13.3. The van der Waals surface area contributed by atoms with Crippen molar-refractivity contribution in [2.24, 2.45) is 0 Å². The van der Waals surface area contributed by atoms with E-state index < -0.39 is 23.8 Å². The fraction of sp³-hybridized carbons (Fsp3) is 0.172. The van der Waals surface area contributed by atoms with Gasteiger partial charge in [0.05, 0.1) is 16.8 Å². The summed E-state index contributed by atoms with van der Waals surface area (Å²) in [5.74, 6) is -1.58. The van der Waals surface area contributed by atoms with Gasteiger partial charge in [-0.2, -0.15) is 0 Å². The molecule has 1 saturated heterocycles. The molecule has 1 heterocycles. The molecule has 0 unspecified atom stereocenters. The lowest BCUT2D eigenvalue weighted by molar-refractivity contribution is -0.122. The number of hydrogen-bond donors (Lipinski definition) is 2. The fourth-order valence-corrected chi connectivity index (χ4v) is 4.79. The smallest absolute Gasteiger partial charge is 0.335 e. The van der Waals surface area contributed by atoms with Gasteiger partial charge >= 0.3 is 6.03 Å². The highest BCUT2D eigenvalue weighted by atomic mass is 79.9. The Bertz CT molecular complexity index is 1610. The molecule has 0 atom stereocenters. The van der Waals surface area contributed by atoms with Gasteiger partial charge in [0, 0.05) is 15.7 Å². The molecule has 0 aromatic heterocycles. The van der Waals surface area contributed by atoms with E-state index in [1.165, 1.54) is 12.1 Å². The number of benzene rings is 3. The quantitative estimate of drug-likeness (QED) is 0.212. The Morgan fingerprint density at radius 3 is 2.34 bits per heavy atom. The molecule has 41 heavy (non-hydrogen) atoms. The molecular weight excluding hydrogens is 637 g/mol. The summed E-state index contributed by atoms with van der Waals surface area (Å²) in [5.41, 5.74) is 2.51. The molecule has 1 aliphatic heterocycles. The third-order valence-corrected chi connectivity index (χ3v) is 7.36. The number of halogens is 3. The number of rotatable bonds is 8. The van der Waals surface area contributed by atoms with Crippen LogP contribution in [-0.2, 0) is 14.4 Å². The maximum Gasteiger partial charge on any atom is 0.335 e. The highest BCUT2D eigenvalue weighted by molar-refractivity contribution is 9.10. The summed E-state index contributed by atoms with van der Waals surface area (Å²) in [4.78, 5) is 51.8. The van der Waals surface area contributed by atoms with Gasteiger partial charge in [0.2, 0.25) is 0 Å². The van der Waals surface area contributed by atoms with E-state index in [2.05, 4.69) is 26.6 Å². The summed E-state index contributed by atoms with van der Waals surface area (Å²) in [6.45, 7) is 5.35. The van der Waals surface area contributed by atoms with Gasteiger partial charge in [-0.1, -0.05) is 35.3 Å². The van der Waals surface area contributed by atoms with Crippen molar-refractivity contribution in [1.82, 2.24) is 5.32 Å². The third-order valence-electron chi connectivity index (χ3n) is 5.96. The maximum absolute atomic E-state index is 13.3. The first kappa shape index (κ1) is 30.1. The Labute approximate surface area is 254 Å². The third kappa shape index (κ3) is 6.90. The zero-order valence-electron chi connectivity index (χ0n) is 22.1. The number of carbonyl (C=O) groups is 4. The Morgan fingerprint density at radius 2 is 1.68 bits per heavy atom. The van der Waals surface area contributed by atoms with Crippen molar-refractivity contribution in [3.05, 3.63) is 85.3 Å². The number of barbiturate groups is 1. The standard InChI is InChI=1S/C29H24BrCl2N3O6/c1-4-40-24-11-17(10-21(30)26(24)41-14-25(36)33-18-7-5-15(2)22(31)12-18)9-20-27(37)34-29(39)35(28(20)38)19-8-6-16(3)23(32)13-19/h5-13H,4,14H2,1-3H3,(H,33,36)(H,34,37,39)/b20-9+. The number of hydrogen-bond acceptors (Lipinski definition) is 6. The van der Waals surface area contributed by atoms with E-state index in [4.69, 9.17) is 32.7 Å². The van der Waals surface area contributed by atoms with Crippen LogP contribution in [0.4, 0.5) is 16.2 Å². The van der Waals surface area contributed by atoms with E-state index in [0.717, 1.165) is 16.0 Å². The number of ether oxygens (including phenoxy) is 2. The summed E-state index contributed by atoms with van der Waals surface area (Å²) in [7, 11) is 0. The second-order valence-corrected chi connectivity index (χ2v) is 10.6. The van der Waals surface area contributed by atoms with Crippen molar-refractivity contribution >= 4 is 80.3 Å². The molecule has 0 aliphatic carbocycles. The number of anilines is 2. The Morgan fingerprint density at radius 1 is 1.00 bits per heavy atom. The predicted molar refractivity (Wildman–Crippen MR) is 161 cm³/mol. The summed E-state index contributed by atoms with van der Waals surface area (Å²) < 4.78 is 11.9. The summed E-state index contributed by atoms with van der Waals surface area (Å²) in [5, 5.41) is 5.79. The van der Waals surface area contributed by atoms with E-state index >= 15 is 0 Å². The van der Waals surface area contributed by atoms with E-state index in [9.17, 15) is 19.2 Å². The number of urea groups is 1. The van der Waals surface area contributed by atoms with Crippen LogP contribution in [0, 0.1) is 13.8 Å². The predicted octanol–water partition coefficient (Wildman–Crippen LogP) is 6.46. The molecule has 3 aromatic rings. The molecule has 3 aromatic carbocycles. The SMILES string of the molecule is CCOc1cc(/C=C2\C(=O)NC(=O)N(c3ccc(C)c(Cl)c3)C2=O)cc(Br)c1OCC(=O)Nc1ccc(C)c(Cl)c1. The number of aryl methyl sites for hydroxylation is 2. The van der Waals surface area contributed by atoms with E-state index in [1.54, 1.807) is 56.3 Å². The molecule has 2 N–H and O–H groups in total. The molecule has 9 nitrogen and oxygen atoms in total. The zero-order chi connectivity index (χ0) is 29.8. The average molecular weight is 661 g/mol. The second kappa shape index (κ2) is 12.8. The molecule has 1 aliphatic rings. The molecule has 0 saturated carbocycles. The van der Waals surface area contributed by atoms with Crippen LogP contribution in [0.15, 0.2) is 58.6 Å². The molecule has 5 amide bonds. The molecule has 0 bridgehead atoms. The lowest BCUT2D eigenvalue weighted by Crippen LogP contribution is -2.54. The van der Waals surface area contributed by atoms with Crippen LogP contribution in [0.25, 0.3) is 6.08 Å². The molecule has 0 radical (unpaired) electrons. The van der Waals surface area contributed by atoms with Crippen LogP contribution in [0.5, 0.6) is 11.5 Å². The zero-order valence-corrected chi connectivity index (χ0v) is 25.2. The van der Waals surface area contributed by atoms with Gasteiger partial charge in [0.25, 0.3) is 17.7 Å². The first-order chi connectivity index (χ1) is 19.5. The summed E-state index contributed by atoms with van der Waals surface area (Å²) in [6.07, 6.45) is 1.33. The molecule has 212 valence electrons. The van der Waals surface area contributed by atoms with Crippen LogP contribution in [0.3, 0.4) is 0 Å². The summed E-state index contributed by atoms with van der Waals surface area (Å²) >= 11 is 15.7. The van der Waals surface area contributed by atoms with Crippen molar-refractivity contribution in [2.75, 3.05) is 23.4 Å². The van der Waals surface area contributed by atoms with Crippen LogP contribution in [0.2, 0.25) is 10.0 Å². The van der Waals surface area contributed by atoms with Crippen molar-refractivity contribution in [3.8, 4) is 11.5 Å². The van der Waals surface area contributed by atoms with Crippen molar-refractivity contribution < 1.29 is 28.7 Å². The number of nitrogens with one attached hydrogen (secondary N) is 2. The Balaban J connectivity index is 1.58.